The summed E-state index contributed by atoms with van der Waals surface area (Å²) in [4.78, 5) is 25.7. The fourth-order valence-corrected chi connectivity index (χ4v) is 10.9. The summed E-state index contributed by atoms with van der Waals surface area (Å²) in [6.45, 7) is 4.52. The second-order valence-electron chi connectivity index (χ2n) is 25.5. The zero-order valence-electron chi connectivity index (χ0n) is 57.9. The maximum Gasteiger partial charge on any atom is 0.268 e. The molecule has 0 radical (unpaired) electrons. The number of carbonyl (C=O) groups excluding carboxylic acids is 1. The molecule has 0 heterocycles. The maximum absolute atomic E-state index is 13.0. The van der Waals surface area contributed by atoms with Gasteiger partial charge in [-0.05, 0) is 109 Å². The first kappa shape index (κ1) is 84.6. The van der Waals surface area contributed by atoms with Crippen LogP contribution in [0.25, 0.3) is 0 Å². The molecule has 2 N–H and O–H groups in total. The van der Waals surface area contributed by atoms with E-state index in [1.807, 2.05) is 27.2 Å². The fraction of sp³-hybridized carbons (Fsp3) is 0.709. The van der Waals surface area contributed by atoms with Crippen LogP contribution in [-0.2, 0) is 18.4 Å². The van der Waals surface area contributed by atoms with Crippen molar-refractivity contribution in [2.45, 2.75) is 321 Å². The van der Waals surface area contributed by atoms with Gasteiger partial charge in [-0.25, -0.2) is 0 Å². The number of nitrogens with one attached hydrogen (secondary N) is 1. The van der Waals surface area contributed by atoms with Gasteiger partial charge < -0.3 is 28.8 Å². The normalized spacial score (nSPS) is 14.4. The van der Waals surface area contributed by atoms with E-state index >= 15 is 0 Å². The molecule has 0 bridgehead atoms. The van der Waals surface area contributed by atoms with E-state index in [2.05, 4.69) is 141 Å². The molecule has 0 saturated carbocycles. The van der Waals surface area contributed by atoms with E-state index in [0.717, 1.165) is 109 Å². The maximum atomic E-state index is 13.0. The Balaban J connectivity index is 4.17. The molecule has 1 amide bonds. The molecule has 0 aliphatic heterocycles. The third-order valence-corrected chi connectivity index (χ3v) is 16.8. The van der Waals surface area contributed by atoms with E-state index in [4.69, 9.17) is 9.05 Å². The minimum absolute atomic E-state index is 0.0160. The largest absolute Gasteiger partial charge is 0.756 e. The van der Waals surface area contributed by atoms with Gasteiger partial charge in [0.25, 0.3) is 7.82 Å². The van der Waals surface area contributed by atoms with Gasteiger partial charge in [0.15, 0.2) is 0 Å². The number of hydrogen-bond donors (Lipinski definition) is 2. The number of unbranched alkanes of at least 4 members (excludes halogenated alkanes) is 33. The summed E-state index contributed by atoms with van der Waals surface area (Å²) >= 11 is 0. The molecule has 0 aliphatic carbocycles. The molecule has 9 heteroatoms. The minimum Gasteiger partial charge on any atom is -0.756 e. The summed E-state index contributed by atoms with van der Waals surface area (Å²) in [5.41, 5.74) is 0. The predicted octanol–water partition coefficient (Wildman–Crippen LogP) is 23.1. The van der Waals surface area contributed by atoms with Crippen molar-refractivity contribution in [3.05, 3.63) is 134 Å². The lowest BCUT2D eigenvalue weighted by atomic mass is 10.0. The number of allylic oxidation sites excluding steroid dienone is 21. The summed E-state index contributed by atoms with van der Waals surface area (Å²) in [6.07, 6.45) is 103. The van der Waals surface area contributed by atoms with E-state index in [0.29, 0.717) is 17.4 Å². The first-order valence-corrected chi connectivity index (χ1v) is 38.0. The lowest BCUT2D eigenvalue weighted by molar-refractivity contribution is -0.870. The predicted molar refractivity (Wildman–Crippen MR) is 385 cm³/mol. The molecular weight excluding hydrogens is 1100 g/mol. The third-order valence-electron chi connectivity index (χ3n) is 15.8. The van der Waals surface area contributed by atoms with Gasteiger partial charge in [0, 0.05) is 6.42 Å². The van der Waals surface area contributed by atoms with Crippen LogP contribution in [0.1, 0.15) is 309 Å². The Kier molecular flexibility index (Phi) is 65.4. The summed E-state index contributed by atoms with van der Waals surface area (Å²) in [5, 5.41) is 13.9. The van der Waals surface area contributed by atoms with Crippen molar-refractivity contribution in [1.82, 2.24) is 5.32 Å². The Morgan fingerprint density at radius 2 is 0.705 bits per heavy atom. The second kappa shape index (κ2) is 68.0. The summed E-state index contributed by atoms with van der Waals surface area (Å²) < 4.78 is 23.4. The number of rotatable bonds is 66. The van der Waals surface area contributed by atoms with Crippen LogP contribution >= 0.6 is 7.82 Å². The molecule has 0 rings (SSSR count). The van der Waals surface area contributed by atoms with Crippen molar-refractivity contribution in [1.29, 1.82) is 0 Å². The number of quaternary nitrogens is 1. The number of phosphoric ester groups is 1. The van der Waals surface area contributed by atoms with E-state index in [1.165, 1.54) is 180 Å². The van der Waals surface area contributed by atoms with Gasteiger partial charge in [-0.1, -0.05) is 327 Å². The lowest BCUT2D eigenvalue weighted by Gasteiger charge is -2.29. The molecule has 8 nitrogen and oxygen atoms in total. The monoisotopic (exact) mass is 1240 g/mol. The second-order valence-corrected chi connectivity index (χ2v) is 27.0. The number of hydrogen-bond acceptors (Lipinski definition) is 6. The van der Waals surface area contributed by atoms with Gasteiger partial charge in [0.2, 0.25) is 5.91 Å². The van der Waals surface area contributed by atoms with Crippen molar-refractivity contribution in [2.75, 3.05) is 40.9 Å². The van der Waals surface area contributed by atoms with Gasteiger partial charge in [-0.15, -0.1) is 0 Å². The summed E-state index contributed by atoms with van der Waals surface area (Å²) in [6, 6.07) is -0.924. The van der Waals surface area contributed by atoms with Crippen molar-refractivity contribution < 1.29 is 32.9 Å². The van der Waals surface area contributed by atoms with Crippen molar-refractivity contribution in [3.8, 4) is 0 Å². The molecule has 0 fully saturated rings. The van der Waals surface area contributed by atoms with Crippen LogP contribution in [-0.4, -0.2) is 68.5 Å². The third kappa shape index (κ3) is 70.1. The van der Waals surface area contributed by atoms with Crippen LogP contribution in [0.2, 0.25) is 0 Å². The quantitative estimate of drug-likeness (QED) is 0.0272. The summed E-state index contributed by atoms with van der Waals surface area (Å²) in [5.74, 6) is -0.219. The van der Waals surface area contributed by atoms with Crippen LogP contribution in [0.5, 0.6) is 0 Å². The average Bonchev–Trinajstić information content (AvgIpc) is 3.64. The van der Waals surface area contributed by atoms with Crippen molar-refractivity contribution in [2.24, 2.45) is 0 Å². The van der Waals surface area contributed by atoms with Gasteiger partial charge in [-0.3, -0.25) is 9.36 Å². The highest BCUT2D eigenvalue weighted by atomic mass is 31.2. The molecule has 3 atom stereocenters. The smallest absolute Gasteiger partial charge is 0.268 e. The number of aliphatic hydroxyl groups is 1. The van der Waals surface area contributed by atoms with Crippen LogP contribution < -0.4 is 10.2 Å². The number of likely N-dealkylation sites (N-methyl/N-ethyl adjacent to an activating group) is 1. The molecule has 0 aliphatic rings. The molecular formula is C79H139N2O6P. The van der Waals surface area contributed by atoms with E-state index in [1.54, 1.807) is 6.08 Å². The molecule has 88 heavy (non-hydrogen) atoms. The zero-order chi connectivity index (χ0) is 64.1. The molecule has 0 aromatic carbocycles. The first-order valence-electron chi connectivity index (χ1n) is 36.5. The van der Waals surface area contributed by atoms with E-state index < -0.39 is 26.6 Å². The topological polar surface area (TPSA) is 108 Å². The highest BCUT2D eigenvalue weighted by Gasteiger charge is 2.23. The lowest BCUT2D eigenvalue weighted by Crippen LogP contribution is -2.45. The minimum atomic E-state index is -4.63. The number of phosphoric acid groups is 1. The molecule has 506 valence electrons. The standard InChI is InChI=1S/C79H139N2O6P/c1-6-8-10-12-14-16-18-20-22-24-26-28-30-32-34-36-38-39-40-41-43-45-47-49-51-53-55-57-59-61-63-65-67-69-71-73-79(83)80-77(76-87-88(84,85)86-75-74-81(3,4)5)78(82)72-70-68-66-64-62-60-58-56-54-52-50-48-46-44-42-37-35-33-31-29-27-25-23-21-19-17-15-13-11-9-7-2/h8,10,14,16,20,22,26,28,32,34,38-39,41,43,47,49,54,56,62,64,70,72,77-78,82H,6-7,9,11-13,15,17-19,21,23-25,27,29-31,33,35-37,40,42,44-46,48,50-53,55,57-61,63,65-69,71,73-76H2,1-5H3,(H-,80,83,84,85)/b10-8-,16-14-,22-20-,28-26-,34-32-,39-38-,43-41-,49-47-,56-54+,64-62+,72-70+. The first-order chi connectivity index (χ1) is 43.0. The molecule has 0 aromatic rings. The number of carbonyl (C=O) groups is 1. The van der Waals surface area contributed by atoms with Crippen molar-refractivity contribution >= 4 is 13.7 Å². The Hall–Kier alpha value is -3.36. The van der Waals surface area contributed by atoms with Crippen LogP contribution in [0.3, 0.4) is 0 Å². The molecule has 0 aromatic heterocycles. The number of amides is 1. The zero-order valence-corrected chi connectivity index (χ0v) is 58.8. The Labute approximate surface area is 545 Å². The summed E-state index contributed by atoms with van der Waals surface area (Å²) in [7, 11) is 1.22. The Morgan fingerprint density at radius 1 is 0.409 bits per heavy atom. The van der Waals surface area contributed by atoms with Gasteiger partial charge >= 0.3 is 0 Å². The van der Waals surface area contributed by atoms with Gasteiger partial charge in [-0.2, -0.15) is 0 Å². The Morgan fingerprint density at radius 3 is 1.06 bits per heavy atom. The number of aliphatic hydroxyl groups excluding tert-OH is 1. The van der Waals surface area contributed by atoms with Crippen LogP contribution in [0, 0.1) is 0 Å². The van der Waals surface area contributed by atoms with Crippen LogP contribution in [0.4, 0.5) is 0 Å². The SMILES string of the molecule is CC/C=C\C/C=C\C/C=C\C/C=C\C/C=C\C/C=C\C/C=C\C/C=C\CCCCCCCCCCCCC(=O)NC(COP(=O)([O-])OCC[N+](C)(C)C)C(O)/C=C/CC/C=C/CC/C=C/CCCCCCCCCCCCCCCCCCCCCCC. The number of nitrogens with zero attached hydrogens (tertiary/aromatic N) is 1. The van der Waals surface area contributed by atoms with E-state index in [9.17, 15) is 19.4 Å². The highest BCUT2D eigenvalue weighted by Crippen LogP contribution is 2.38. The molecule has 0 saturated heterocycles. The van der Waals surface area contributed by atoms with Crippen LogP contribution in [0.15, 0.2) is 134 Å². The Bertz CT molecular complexity index is 1900. The molecule has 0 spiro atoms. The van der Waals surface area contributed by atoms with Gasteiger partial charge in [0.05, 0.1) is 39.9 Å². The average molecular weight is 1240 g/mol. The van der Waals surface area contributed by atoms with E-state index in [-0.39, 0.29) is 12.5 Å². The van der Waals surface area contributed by atoms with Gasteiger partial charge in [0.1, 0.15) is 13.2 Å². The molecule has 3 unspecified atom stereocenters. The highest BCUT2D eigenvalue weighted by molar-refractivity contribution is 7.45. The fourth-order valence-electron chi connectivity index (χ4n) is 10.2. The van der Waals surface area contributed by atoms with Crippen molar-refractivity contribution in [3.63, 3.8) is 0 Å².